The normalized spacial score (nSPS) is 20.5. The summed E-state index contributed by atoms with van der Waals surface area (Å²) >= 11 is 0. The van der Waals surface area contributed by atoms with Crippen molar-refractivity contribution in [2.24, 2.45) is 0 Å². The lowest BCUT2D eigenvalue weighted by atomic mass is 9.95. The number of hydrogen-bond donors (Lipinski definition) is 0. The zero-order valence-corrected chi connectivity index (χ0v) is 20.9. The van der Waals surface area contributed by atoms with Crippen LogP contribution in [0.1, 0.15) is 28.3 Å². The Morgan fingerprint density at radius 2 is 1.58 bits per heavy atom. The molecule has 0 N–H and O–H groups in total. The molecule has 1 unspecified atom stereocenters. The highest BCUT2D eigenvalue weighted by Crippen LogP contribution is 2.41. The van der Waals surface area contributed by atoms with Gasteiger partial charge in [-0.2, -0.15) is 0 Å². The number of nitrogens with zero attached hydrogens (tertiary/aromatic N) is 3. The van der Waals surface area contributed by atoms with E-state index in [0.717, 1.165) is 63.7 Å². The van der Waals surface area contributed by atoms with E-state index in [9.17, 15) is 4.79 Å². The summed E-state index contributed by atoms with van der Waals surface area (Å²) in [6.45, 7) is 11.3. The van der Waals surface area contributed by atoms with E-state index in [4.69, 9.17) is 9.47 Å². The zero-order valence-electron chi connectivity index (χ0n) is 19.3. The average molecular weight is 494 g/mol. The van der Waals surface area contributed by atoms with Crippen LogP contribution in [0.2, 0.25) is 0 Å². The highest BCUT2D eigenvalue weighted by atomic mass is 35.5. The predicted molar refractivity (Wildman–Crippen MR) is 134 cm³/mol. The molecule has 0 aliphatic carbocycles. The van der Waals surface area contributed by atoms with Crippen molar-refractivity contribution in [1.29, 1.82) is 0 Å². The molecular formula is C25H33Cl2N3O3. The summed E-state index contributed by atoms with van der Waals surface area (Å²) in [5, 5.41) is 0. The summed E-state index contributed by atoms with van der Waals surface area (Å²) in [6, 6.07) is 13.4. The van der Waals surface area contributed by atoms with E-state index in [-0.39, 0.29) is 30.9 Å². The van der Waals surface area contributed by atoms with Gasteiger partial charge in [0.25, 0.3) is 0 Å². The van der Waals surface area contributed by atoms with Crippen LogP contribution in [-0.4, -0.2) is 73.2 Å². The number of piperazine rings is 1. The van der Waals surface area contributed by atoms with Gasteiger partial charge in [0.1, 0.15) is 18.1 Å². The Morgan fingerprint density at radius 1 is 0.879 bits per heavy atom. The van der Waals surface area contributed by atoms with Crippen LogP contribution in [0.5, 0.6) is 11.5 Å². The minimum atomic E-state index is -0.168. The lowest BCUT2D eigenvalue weighted by Gasteiger charge is -2.39. The van der Waals surface area contributed by atoms with Crippen molar-refractivity contribution in [3.63, 3.8) is 0 Å². The average Bonchev–Trinajstić information content (AvgIpc) is 3.11. The summed E-state index contributed by atoms with van der Waals surface area (Å²) in [5.41, 5.74) is 5.12. The van der Waals surface area contributed by atoms with Gasteiger partial charge in [-0.05, 0) is 38.0 Å². The fourth-order valence-electron chi connectivity index (χ4n) is 4.94. The van der Waals surface area contributed by atoms with Crippen molar-refractivity contribution < 1.29 is 14.3 Å². The topological polar surface area (TPSA) is 45.2 Å². The standard InChI is InChI=1S/C25H31N3O3.2ClH/c1-18-3-5-23-20(15-18)17-22(21-16-19(2)4-6-24(21)31-23)27-10-7-26(8-11-27)9-12-28-13-14-30-25(28)29;;/h3-6,15-16,22H,7-14,17H2,1-2H3;2*1H. The van der Waals surface area contributed by atoms with Gasteiger partial charge in [0.05, 0.1) is 6.54 Å². The fourth-order valence-corrected chi connectivity index (χ4v) is 4.94. The number of carbonyl (C=O) groups is 1. The second-order valence-corrected chi connectivity index (χ2v) is 8.95. The molecule has 0 saturated carbocycles. The molecule has 180 valence electrons. The number of aryl methyl sites for hydroxylation is 2. The van der Waals surface area contributed by atoms with Gasteiger partial charge in [0.2, 0.25) is 0 Å². The molecule has 3 heterocycles. The number of benzene rings is 2. The first-order valence-corrected chi connectivity index (χ1v) is 11.3. The van der Waals surface area contributed by atoms with Gasteiger partial charge in [-0.3, -0.25) is 9.80 Å². The van der Waals surface area contributed by atoms with Crippen molar-refractivity contribution in [3.8, 4) is 11.5 Å². The Hall–Kier alpha value is -1.99. The van der Waals surface area contributed by atoms with Crippen molar-refractivity contribution >= 4 is 30.9 Å². The van der Waals surface area contributed by atoms with Gasteiger partial charge in [-0.1, -0.05) is 35.4 Å². The molecule has 5 rings (SSSR count). The Labute approximate surface area is 208 Å². The van der Waals surface area contributed by atoms with E-state index < -0.39 is 0 Å². The van der Waals surface area contributed by atoms with E-state index in [2.05, 4.69) is 60.0 Å². The number of fused-ring (bicyclic) bond motifs is 2. The second-order valence-electron chi connectivity index (χ2n) is 8.95. The molecule has 0 spiro atoms. The molecule has 2 saturated heterocycles. The second kappa shape index (κ2) is 11.0. The third-order valence-corrected chi connectivity index (χ3v) is 6.75. The molecule has 0 bridgehead atoms. The first-order valence-electron chi connectivity index (χ1n) is 11.3. The number of amides is 1. The van der Waals surface area contributed by atoms with Crippen molar-refractivity contribution in [1.82, 2.24) is 14.7 Å². The minimum Gasteiger partial charge on any atom is -0.457 e. The molecule has 3 aliphatic rings. The number of rotatable bonds is 4. The molecule has 6 nitrogen and oxygen atoms in total. The zero-order chi connectivity index (χ0) is 21.4. The highest BCUT2D eigenvalue weighted by Gasteiger charge is 2.31. The molecule has 0 radical (unpaired) electrons. The van der Waals surface area contributed by atoms with E-state index in [1.165, 1.54) is 22.3 Å². The number of ether oxygens (including phenoxy) is 2. The largest absolute Gasteiger partial charge is 0.457 e. The van der Waals surface area contributed by atoms with Crippen molar-refractivity contribution in [2.75, 3.05) is 52.4 Å². The number of cyclic esters (lactones) is 1. The molecule has 8 heteroatoms. The summed E-state index contributed by atoms with van der Waals surface area (Å²) in [5.74, 6) is 1.96. The Balaban J connectivity index is 0.00000153. The molecule has 2 aromatic carbocycles. The summed E-state index contributed by atoms with van der Waals surface area (Å²) in [6.07, 6.45) is 0.797. The first-order chi connectivity index (χ1) is 15.1. The number of halogens is 2. The fraction of sp³-hybridized carbons (Fsp3) is 0.480. The third-order valence-electron chi connectivity index (χ3n) is 6.75. The molecule has 0 aromatic heterocycles. The smallest absolute Gasteiger partial charge is 0.409 e. The van der Waals surface area contributed by atoms with Crippen LogP contribution < -0.4 is 4.74 Å². The van der Waals surface area contributed by atoms with Crippen LogP contribution >= 0.6 is 24.8 Å². The maximum atomic E-state index is 11.7. The van der Waals surface area contributed by atoms with Crippen LogP contribution in [0.15, 0.2) is 36.4 Å². The Bertz CT molecular complexity index is 979. The van der Waals surface area contributed by atoms with Crippen LogP contribution in [0.3, 0.4) is 0 Å². The lowest BCUT2D eigenvalue weighted by Crippen LogP contribution is -2.49. The maximum absolute atomic E-state index is 11.7. The van der Waals surface area contributed by atoms with Crippen LogP contribution in [0.25, 0.3) is 0 Å². The van der Waals surface area contributed by atoms with Crippen LogP contribution in [-0.2, 0) is 11.2 Å². The van der Waals surface area contributed by atoms with Gasteiger partial charge in [-0.25, -0.2) is 4.79 Å². The summed E-state index contributed by atoms with van der Waals surface area (Å²) in [7, 11) is 0. The van der Waals surface area contributed by atoms with Crippen LogP contribution in [0, 0.1) is 13.8 Å². The van der Waals surface area contributed by atoms with Crippen molar-refractivity contribution in [3.05, 3.63) is 58.7 Å². The summed E-state index contributed by atoms with van der Waals surface area (Å²) in [4.78, 5) is 18.6. The lowest BCUT2D eigenvalue weighted by molar-refractivity contribution is 0.0898. The first kappa shape index (κ1) is 25.6. The number of carbonyl (C=O) groups excluding carboxylic acids is 1. The van der Waals surface area contributed by atoms with Gasteiger partial charge >= 0.3 is 6.09 Å². The number of hydrogen-bond acceptors (Lipinski definition) is 5. The van der Waals surface area contributed by atoms with Gasteiger partial charge in [0, 0.05) is 50.9 Å². The maximum Gasteiger partial charge on any atom is 0.409 e. The minimum absolute atomic E-state index is 0. The molecule has 2 fully saturated rings. The SMILES string of the molecule is Cc1ccc2c(c1)CC(N1CCN(CCN3CCOC3=O)CC1)c1cc(C)ccc1O2.Cl.Cl. The molecule has 3 aliphatic heterocycles. The van der Waals surface area contributed by atoms with E-state index in [1.807, 2.05) is 4.90 Å². The van der Waals surface area contributed by atoms with E-state index >= 15 is 0 Å². The van der Waals surface area contributed by atoms with Crippen molar-refractivity contribution in [2.45, 2.75) is 26.3 Å². The van der Waals surface area contributed by atoms with Crippen LogP contribution in [0.4, 0.5) is 4.79 Å². The quantitative estimate of drug-likeness (QED) is 0.622. The van der Waals surface area contributed by atoms with E-state index in [0.29, 0.717) is 12.6 Å². The molecule has 1 amide bonds. The van der Waals surface area contributed by atoms with Gasteiger partial charge in [0.15, 0.2) is 0 Å². The third kappa shape index (κ3) is 5.57. The highest BCUT2D eigenvalue weighted by molar-refractivity contribution is 5.85. The van der Waals surface area contributed by atoms with E-state index in [1.54, 1.807) is 0 Å². The molecular weight excluding hydrogens is 461 g/mol. The Kier molecular flexibility index (Phi) is 8.51. The summed E-state index contributed by atoms with van der Waals surface area (Å²) < 4.78 is 11.4. The monoisotopic (exact) mass is 493 g/mol. The molecule has 2 aromatic rings. The molecule has 1 atom stereocenters. The molecule has 33 heavy (non-hydrogen) atoms. The van der Waals surface area contributed by atoms with Gasteiger partial charge in [-0.15, -0.1) is 24.8 Å². The predicted octanol–water partition coefficient (Wildman–Crippen LogP) is 4.61. The van der Waals surface area contributed by atoms with Gasteiger partial charge < -0.3 is 14.4 Å². The Morgan fingerprint density at radius 3 is 2.27 bits per heavy atom.